The monoisotopic (exact) mass is 278 g/mol. The van der Waals surface area contributed by atoms with Gasteiger partial charge in [-0.1, -0.05) is 18.2 Å². The Labute approximate surface area is 122 Å². The molecule has 4 heteroatoms. The van der Waals surface area contributed by atoms with Crippen LogP contribution in [-0.4, -0.2) is 37.0 Å². The van der Waals surface area contributed by atoms with Gasteiger partial charge < -0.3 is 9.64 Å². The van der Waals surface area contributed by atoms with Gasteiger partial charge in [-0.05, 0) is 33.8 Å². The summed E-state index contributed by atoms with van der Waals surface area (Å²) in [6.45, 7) is 9.43. The zero-order valence-electron chi connectivity index (χ0n) is 13.1. The Morgan fingerprint density at radius 2 is 1.85 bits per heavy atom. The number of nitrogens with one attached hydrogen (secondary N) is 1. The molecule has 1 unspecified atom stereocenters. The van der Waals surface area contributed by atoms with Crippen LogP contribution in [0.25, 0.3) is 0 Å². The molecule has 0 saturated heterocycles. The summed E-state index contributed by atoms with van der Waals surface area (Å²) in [5.74, 6) is 0.978. The van der Waals surface area contributed by atoms with Crippen molar-refractivity contribution in [3.8, 4) is 5.75 Å². The quantitative estimate of drug-likeness (QED) is 0.833. The van der Waals surface area contributed by atoms with E-state index in [2.05, 4.69) is 5.32 Å². The molecular weight excluding hydrogens is 252 g/mol. The van der Waals surface area contributed by atoms with Gasteiger partial charge in [0.2, 0.25) is 5.91 Å². The van der Waals surface area contributed by atoms with Crippen LogP contribution in [0.15, 0.2) is 24.3 Å². The molecular formula is C16H26N2O2. The number of para-hydroxylation sites is 1. The van der Waals surface area contributed by atoms with Gasteiger partial charge >= 0.3 is 0 Å². The zero-order chi connectivity index (χ0) is 15.1. The first kappa shape index (κ1) is 16.5. The minimum atomic E-state index is -0.213. The summed E-state index contributed by atoms with van der Waals surface area (Å²) >= 11 is 0. The normalized spacial score (nSPS) is 13.7. The molecule has 0 saturated carbocycles. The second kappa shape index (κ2) is 7.90. The molecule has 0 fully saturated rings. The summed E-state index contributed by atoms with van der Waals surface area (Å²) < 4.78 is 5.36. The third-order valence-corrected chi connectivity index (χ3v) is 3.55. The van der Waals surface area contributed by atoms with Crippen molar-refractivity contribution in [1.82, 2.24) is 10.2 Å². The minimum absolute atomic E-state index is 0.0562. The predicted molar refractivity (Wildman–Crippen MR) is 81.9 cm³/mol. The van der Waals surface area contributed by atoms with Crippen molar-refractivity contribution in [2.45, 2.75) is 39.8 Å². The molecule has 1 aromatic carbocycles. The van der Waals surface area contributed by atoms with Crippen LogP contribution in [0.4, 0.5) is 0 Å². The number of rotatable bonds is 7. The summed E-state index contributed by atoms with van der Waals surface area (Å²) in [5, 5.41) is 3.35. The average molecular weight is 278 g/mol. The van der Waals surface area contributed by atoms with Crippen LogP contribution in [0.2, 0.25) is 0 Å². The van der Waals surface area contributed by atoms with Gasteiger partial charge in [0.1, 0.15) is 5.75 Å². The van der Waals surface area contributed by atoms with Crippen molar-refractivity contribution in [3.63, 3.8) is 0 Å². The smallest absolute Gasteiger partial charge is 0.239 e. The second-order valence-electron chi connectivity index (χ2n) is 4.86. The first-order chi connectivity index (χ1) is 9.54. The molecule has 2 atom stereocenters. The average Bonchev–Trinajstić information content (AvgIpc) is 2.48. The van der Waals surface area contributed by atoms with Gasteiger partial charge in [-0.2, -0.15) is 0 Å². The van der Waals surface area contributed by atoms with Gasteiger partial charge in [0.25, 0.3) is 0 Å². The summed E-state index contributed by atoms with van der Waals surface area (Å²) in [5.41, 5.74) is 1.06. The van der Waals surface area contributed by atoms with Gasteiger partial charge in [0.05, 0.1) is 13.2 Å². The topological polar surface area (TPSA) is 41.6 Å². The fourth-order valence-electron chi connectivity index (χ4n) is 2.37. The second-order valence-corrected chi connectivity index (χ2v) is 4.86. The van der Waals surface area contributed by atoms with Crippen LogP contribution in [0.5, 0.6) is 5.75 Å². The Kier molecular flexibility index (Phi) is 6.52. The first-order valence-electron chi connectivity index (χ1n) is 7.22. The maximum atomic E-state index is 12.3. The van der Waals surface area contributed by atoms with E-state index in [1.54, 1.807) is 7.11 Å². The fraction of sp³-hybridized carbons (Fsp3) is 0.562. The maximum Gasteiger partial charge on any atom is 0.239 e. The van der Waals surface area contributed by atoms with Gasteiger partial charge in [-0.25, -0.2) is 0 Å². The van der Waals surface area contributed by atoms with Gasteiger partial charge in [0, 0.05) is 24.7 Å². The molecule has 0 bridgehead atoms. The highest BCUT2D eigenvalue weighted by molar-refractivity contribution is 5.81. The maximum absolute atomic E-state index is 12.3. The predicted octanol–water partition coefficient (Wildman–Crippen LogP) is 2.60. The van der Waals surface area contributed by atoms with Gasteiger partial charge in [-0.3, -0.25) is 10.1 Å². The molecule has 1 rings (SSSR count). The molecule has 112 valence electrons. The van der Waals surface area contributed by atoms with E-state index in [0.29, 0.717) is 0 Å². The van der Waals surface area contributed by atoms with Gasteiger partial charge in [0.15, 0.2) is 0 Å². The Balaban J connectivity index is 2.74. The molecule has 0 aliphatic rings. The lowest BCUT2D eigenvalue weighted by Crippen LogP contribution is -2.45. The standard InChI is InChI=1S/C16H26N2O2/c1-6-18(7-2)16(19)13(4)17-12(3)14-10-8-9-11-15(14)20-5/h8-13,17H,6-7H2,1-5H3/t12-,13?/m0/s1. The van der Waals surface area contributed by atoms with Crippen molar-refractivity contribution in [3.05, 3.63) is 29.8 Å². The molecule has 0 spiro atoms. The number of nitrogens with zero attached hydrogens (tertiary/aromatic N) is 1. The SMILES string of the molecule is CCN(CC)C(=O)C(C)N[C@@H](C)c1ccccc1OC. The van der Waals surface area contributed by atoms with Crippen LogP contribution in [-0.2, 0) is 4.79 Å². The van der Waals surface area contributed by atoms with Crippen LogP contribution in [0, 0.1) is 0 Å². The molecule has 1 amide bonds. The third kappa shape index (κ3) is 3.97. The van der Waals surface area contributed by atoms with E-state index in [9.17, 15) is 4.79 Å². The van der Waals surface area contributed by atoms with E-state index in [-0.39, 0.29) is 18.0 Å². The number of ether oxygens (including phenoxy) is 1. The Bertz CT molecular complexity index is 430. The van der Waals surface area contributed by atoms with Crippen molar-refractivity contribution in [1.29, 1.82) is 0 Å². The largest absolute Gasteiger partial charge is 0.496 e. The van der Waals surface area contributed by atoms with Crippen molar-refractivity contribution < 1.29 is 9.53 Å². The third-order valence-electron chi connectivity index (χ3n) is 3.55. The van der Waals surface area contributed by atoms with E-state index in [1.807, 2.05) is 56.9 Å². The Morgan fingerprint density at radius 1 is 1.25 bits per heavy atom. The number of methoxy groups -OCH3 is 1. The number of amides is 1. The molecule has 0 radical (unpaired) electrons. The van der Waals surface area contributed by atoms with Crippen molar-refractivity contribution in [2.75, 3.05) is 20.2 Å². The molecule has 20 heavy (non-hydrogen) atoms. The molecule has 1 N–H and O–H groups in total. The van der Waals surface area contributed by atoms with E-state index < -0.39 is 0 Å². The van der Waals surface area contributed by atoms with E-state index in [4.69, 9.17) is 4.74 Å². The molecule has 0 aliphatic carbocycles. The summed E-state index contributed by atoms with van der Waals surface area (Å²) in [7, 11) is 1.66. The zero-order valence-corrected chi connectivity index (χ0v) is 13.1. The van der Waals surface area contributed by atoms with E-state index in [0.717, 1.165) is 24.4 Å². The highest BCUT2D eigenvalue weighted by atomic mass is 16.5. The fourth-order valence-corrected chi connectivity index (χ4v) is 2.37. The lowest BCUT2D eigenvalue weighted by molar-refractivity contribution is -0.132. The van der Waals surface area contributed by atoms with Crippen LogP contribution < -0.4 is 10.1 Å². The molecule has 0 heterocycles. The number of carbonyl (C=O) groups excluding carboxylic acids is 1. The Morgan fingerprint density at radius 3 is 2.40 bits per heavy atom. The summed E-state index contributed by atoms with van der Waals surface area (Å²) in [6.07, 6.45) is 0. The van der Waals surface area contributed by atoms with Gasteiger partial charge in [-0.15, -0.1) is 0 Å². The highest BCUT2D eigenvalue weighted by Crippen LogP contribution is 2.24. The molecule has 0 aliphatic heterocycles. The summed E-state index contributed by atoms with van der Waals surface area (Å²) in [6, 6.07) is 7.72. The van der Waals surface area contributed by atoms with E-state index in [1.165, 1.54) is 0 Å². The number of likely N-dealkylation sites (N-methyl/N-ethyl adjacent to an activating group) is 1. The van der Waals surface area contributed by atoms with Crippen molar-refractivity contribution in [2.24, 2.45) is 0 Å². The molecule has 4 nitrogen and oxygen atoms in total. The number of benzene rings is 1. The number of hydrogen-bond acceptors (Lipinski definition) is 3. The van der Waals surface area contributed by atoms with E-state index >= 15 is 0 Å². The first-order valence-corrected chi connectivity index (χ1v) is 7.22. The minimum Gasteiger partial charge on any atom is -0.496 e. The summed E-state index contributed by atoms with van der Waals surface area (Å²) in [4.78, 5) is 14.1. The number of carbonyl (C=O) groups is 1. The van der Waals surface area contributed by atoms with Crippen molar-refractivity contribution >= 4 is 5.91 Å². The lowest BCUT2D eigenvalue weighted by Gasteiger charge is -2.26. The molecule has 0 aromatic heterocycles. The molecule has 1 aromatic rings. The van der Waals surface area contributed by atoms with Crippen LogP contribution in [0.1, 0.15) is 39.3 Å². The number of hydrogen-bond donors (Lipinski definition) is 1. The van der Waals surface area contributed by atoms with Crippen LogP contribution in [0.3, 0.4) is 0 Å². The highest BCUT2D eigenvalue weighted by Gasteiger charge is 2.21. The Hall–Kier alpha value is -1.55. The lowest BCUT2D eigenvalue weighted by atomic mass is 10.1. The van der Waals surface area contributed by atoms with Crippen LogP contribution >= 0.6 is 0 Å².